The van der Waals surface area contributed by atoms with Crippen molar-refractivity contribution in [3.63, 3.8) is 0 Å². The fourth-order valence-corrected chi connectivity index (χ4v) is 5.96. The van der Waals surface area contributed by atoms with Crippen molar-refractivity contribution < 1.29 is 19.4 Å². The molecule has 0 saturated carbocycles. The molecule has 0 aromatic carbocycles. The minimum atomic E-state index is -1.13. The number of aliphatic hydroxyl groups is 1. The Labute approximate surface area is 268 Å². The van der Waals surface area contributed by atoms with Gasteiger partial charge >= 0.3 is 11.9 Å². The van der Waals surface area contributed by atoms with Crippen LogP contribution in [-0.2, 0) is 14.3 Å². The number of carbonyl (C=O) groups is 2. The summed E-state index contributed by atoms with van der Waals surface area (Å²) in [5.41, 5.74) is 5.32. The second-order valence-corrected chi connectivity index (χ2v) is 13.3. The largest absolute Gasteiger partial charge is 0.394 e. The average molecular weight is 610 g/mol. The van der Waals surface area contributed by atoms with E-state index in [1.807, 2.05) is 0 Å². The van der Waals surface area contributed by atoms with Crippen molar-refractivity contribution in [3.8, 4) is 0 Å². The summed E-state index contributed by atoms with van der Waals surface area (Å²) in [4.78, 5) is 22.9. The van der Waals surface area contributed by atoms with Gasteiger partial charge in [0.1, 0.15) is 6.04 Å². The second-order valence-electron chi connectivity index (χ2n) is 13.3. The number of aliphatic hydroxyl groups excluding tert-OH is 1. The fraction of sp³-hybridized carbons (Fsp3) is 0.947. The van der Waals surface area contributed by atoms with Gasteiger partial charge in [-0.05, 0) is 6.42 Å². The first kappa shape index (κ1) is 42.1. The van der Waals surface area contributed by atoms with Crippen LogP contribution in [0.25, 0.3) is 0 Å². The molecule has 0 rings (SSSR count). The van der Waals surface area contributed by atoms with Crippen LogP contribution >= 0.6 is 0 Å². The Kier molecular flexibility index (Phi) is 34.8. The highest BCUT2D eigenvalue weighted by atomic mass is 16.6. The van der Waals surface area contributed by atoms with E-state index < -0.39 is 24.6 Å². The van der Waals surface area contributed by atoms with Crippen LogP contribution < -0.4 is 5.73 Å². The van der Waals surface area contributed by atoms with E-state index >= 15 is 0 Å². The van der Waals surface area contributed by atoms with Crippen LogP contribution in [0.15, 0.2) is 0 Å². The summed E-state index contributed by atoms with van der Waals surface area (Å²) in [6.07, 6.45) is 44.3. The average Bonchev–Trinajstić information content (AvgIpc) is 3.01. The molecule has 3 N–H and O–H groups in total. The summed E-state index contributed by atoms with van der Waals surface area (Å²) >= 11 is 0. The third-order valence-corrected chi connectivity index (χ3v) is 8.95. The van der Waals surface area contributed by atoms with Crippen molar-refractivity contribution in [3.05, 3.63) is 0 Å². The van der Waals surface area contributed by atoms with Gasteiger partial charge in [0.15, 0.2) is 0 Å². The lowest BCUT2D eigenvalue weighted by Crippen LogP contribution is -2.36. The first-order valence-electron chi connectivity index (χ1n) is 19.2. The summed E-state index contributed by atoms with van der Waals surface area (Å²) in [6, 6.07) is -1.13. The molecule has 0 unspecified atom stereocenters. The molecule has 5 nitrogen and oxygen atoms in total. The topological polar surface area (TPSA) is 89.6 Å². The Morgan fingerprint density at radius 2 is 0.698 bits per heavy atom. The van der Waals surface area contributed by atoms with Crippen LogP contribution in [0.1, 0.15) is 219 Å². The highest BCUT2D eigenvalue weighted by molar-refractivity contribution is 5.88. The number of esters is 2. The number of nitrogens with two attached hydrogens (primary N) is 1. The first-order valence-corrected chi connectivity index (χ1v) is 19.2. The molecule has 0 aliphatic rings. The van der Waals surface area contributed by atoms with E-state index in [1.54, 1.807) is 0 Å². The molecule has 5 heteroatoms. The molecule has 0 fully saturated rings. The SMILES string of the molecule is CCCCCCCCCCCCCCCCCCCCCCCCCCCCCCCCCCC(=O)OC(=O)[C@@H](N)CO. The third-order valence-electron chi connectivity index (χ3n) is 8.95. The molecule has 0 aliphatic carbocycles. The fourth-order valence-electron chi connectivity index (χ4n) is 5.96. The quantitative estimate of drug-likeness (QED) is 0.0424. The Balaban J connectivity index is 3.13. The van der Waals surface area contributed by atoms with Gasteiger partial charge < -0.3 is 15.6 Å². The molecule has 0 aromatic heterocycles. The van der Waals surface area contributed by atoms with Gasteiger partial charge in [-0.3, -0.25) is 4.79 Å². The number of unbranched alkanes of at least 4 members (excludes halogenated alkanes) is 31. The van der Waals surface area contributed by atoms with Gasteiger partial charge in [-0.15, -0.1) is 0 Å². The van der Waals surface area contributed by atoms with Crippen LogP contribution in [0.2, 0.25) is 0 Å². The molecule has 1 atom stereocenters. The van der Waals surface area contributed by atoms with Gasteiger partial charge in [0.2, 0.25) is 0 Å². The Bertz CT molecular complexity index is 582. The van der Waals surface area contributed by atoms with E-state index in [0.29, 0.717) is 0 Å². The summed E-state index contributed by atoms with van der Waals surface area (Å²) in [5, 5.41) is 8.78. The van der Waals surface area contributed by atoms with Gasteiger partial charge in [-0.25, -0.2) is 4.79 Å². The molecular weight excluding hydrogens is 534 g/mol. The summed E-state index contributed by atoms with van der Waals surface area (Å²) in [6.45, 7) is 1.79. The number of hydrogen-bond donors (Lipinski definition) is 2. The zero-order chi connectivity index (χ0) is 31.5. The maximum absolute atomic E-state index is 11.6. The molecule has 0 spiro atoms. The standard InChI is InChI=1S/C38H75NO4/c1-2-3-4-5-6-7-8-9-10-11-12-13-14-15-16-17-18-19-20-21-22-23-24-25-26-27-28-29-30-31-32-33-34-37(41)43-38(42)36(39)35-40/h36,40H,2-35,39H2,1H3/t36-/m0/s1. The minimum absolute atomic E-state index is 0.240. The zero-order valence-electron chi connectivity index (χ0n) is 28.9. The maximum atomic E-state index is 11.6. The molecule has 256 valence electrons. The van der Waals surface area contributed by atoms with E-state index in [1.165, 1.54) is 186 Å². The molecule has 0 aliphatic heterocycles. The number of ether oxygens (including phenoxy) is 1. The highest BCUT2D eigenvalue weighted by Crippen LogP contribution is 2.17. The summed E-state index contributed by atoms with van der Waals surface area (Å²) < 4.78 is 4.61. The number of hydrogen-bond acceptors (Lipinski definition) is 5. The lowest BCUT2D eigenvalue weighted by Gasteiger charge is -2.07. The van der Waals surface area contributed by atoms with Gasteiger partial charge in [0, 0.05) is 6.42 Å². The Hall–Kier alpha value is -0.940. The first-order chi connectivity index (χ1) is 21.1. The van der Waals surface area contributed by atoms with Gasteiger partial charge in [0.25, 0.3) is 0 Å². The summed E-state index contributed by atoms with van der Waals surface area (Å²) in [7, 11) is 0. The Morgan fingerprint density at radius 3 is 0.930 bits per heavy atom. The molecule has 0 radical (unpaired) electrons. The van der Waals surface area contributed by atoms with Crippen molar-refractivity contribution in [2.45, 2.75) is 225 Å². The van der Waals surface area contributed by atoms with Crippen LogP contribution in [0.4, 0.5) is 0 Å². The summed E-state index contributed by atoms with van der Waals surface area (Å²) in [5.74, 6) is -1.39. The molecular formula is C38H75NO4. The molecule has 0 aromatic rings. The van der Waals surface area contributed by atoms with Gasteiger partial charge in [-0.2, -0.15) is 0 Å². The van der Waals surface area contributed by atoms with Crippen molar-refractivity contribution in [1.29, 1.82) is 0 Å². The molecule has 43 heavy (non-hydrogen) atoms. The van der Waals surface area contributed by atoms with Crippen LogP contribution in [0, 0.1) is 0 Å². The Morgan fingerprint density at radius 1 is 0.465 bits per heavy atom. The van der Waals surface area contributed by atoms with E-state index in [2.05, 4.69) is 11.7 Å². The molecule has 0 bridgehead atoms. The van der Waals surface area contributed by atoms with Crippen molar-refractivity contribution in [2.75, 3.05) is 6.61 Å². The van der Waals surface area contributed by atoms with Crippen molar-refractivity contribution >= 4 is 11.9 Å². The second kappa shape index (κ2) is 35.5. The normalized spacial score (nSPS) is 12.1. The van der Waals surface area contributed by atoms with Crippen LogP contribution in [0.5, 0.6) is 0 Å². The predicted molar refractivity (Wildman–Crippen MR) is 184 cm³/mol. The number of carbonyl (C=O) groups excluding carboxylic acids is 2. The molecule has 0 amide bonds. The van der Waals surface area contributed by atoms with E-state index in [4.69, 9.17) is 10.8 Å². The third kappa shape index (κ3) is 33.8. The van der Waals surface area contributed by atoms with Crippen LogP contribution in [-0.4, -0.2) is 29.7 Å². The number of rotatable bonds is 35. The maximum Gasteiger partial charge on any atom is 0.332 e. The minimum Gasteiger partial charge on any atom is -0.394 e. The highest BCUT2D eigenvalue weighted by Gasteiger charge is 2.17. The molecule has 0 saturated heterocycles. The lowest BCUT2D eigenvalue weighted by atomic mass is 10.0. The van der Waals surface area contributed by atoms with Crippen molar-refractivity contribution in [2.24, 2.45) is 5.73 Å². The van der Waals surface area contributed by atoms with E-state index in [9.17, 15) is 9.59 Å². The van der Waals surface area contributed by atoms with Crippen molar-refractivity contribution in [1.82, 2.24) is 0 Å². The predicted octanol–water partition coefficient (Wildman–Crippen LogP) is 11.3. The van der Waals surface area contributed by atoms with Gasteiger partial charge in [0.05, 0.1) is 6.61 Å². The van der Waals surface area contributed by atoms with E-state index in [0.717, 1.165) is 19.3 Å². The lowest BCUT2D eigenvalue weighted by molar-refractivity contribution is -0.161. The monoisotopic (exact) mass is 610 g/mol. The van der Waals surface area contributed by atoms with Gasteiger partial charge in [-0.1, -0.05) is 206 Å². The zero-order valence-corrected chi connectivity index (χ0v) is 28.9. The molecule has 0 heterocycles. The smallest absolute Gasteiger partial charge is 0.332 e. The van der Waals surface area contributed by atoms with Crippen LogP contribution in [0.3, 0.4) is 0 Å². The van der Waals surface area contributed by atoms with E-state index in [-0.39, 0.29) is 6.42 Å².